The van der Waals surface area contributed by atoms with Crippen LogP contribution in [0.4, 0.5) is 10.2 Å². The van der Waals surface area contributed by atoms with Gasteiger partial charge < -0.3 is 10.6 Å². The fraction of sp³-hybridized carbons (Fsp3) is 0.320. The summed E-state index contributed by atoms with van der Waals surface area (Å²) in [7, 11) is 0. The van der Waals surface area contributed by atoms with Gasteiger partial charge in [0.1, 0.15) is 11.6 Å². The van der Waals surface area contributed by atoms with E-state index in [9.17, 15) is 9.18 Å². The van der Waals surface area contributed by atoms with Gasteiger partial charge in [-0.15, -0.1) is 0 Å². The molecule has 32 heavy (non-hydrogen) atoms. The Bertz CT molecular complexity index is 1090. The van der Waals surface area contributed by atoms with Crippen molar-refractivity contribution in [2.75, 3.05) is 11.9 Å². The molecule has 2 aromatic rings. The van der Waals surface area contributed by atoms with Crippen LogP contribution in [0.1, 0.15) is 38.4 Å². The fourth-order valence-corrected chi connectivity index (χ4v) is 3.92. The number of carbonyl (C=O) groups is 1. The average molecular weight is 455 g/mol. The van der Waals surface area contributed by atoms with Gasteiger partial charge in [0.15, 0.2) is 5.82 Å². The Morgan fingerprint density at radius 2 is 2.12 bits per heavy atom. The van der Waals surface area contributed by atoms with Crippen LogP contribution < -0.4 is 10.6 Å². The molecule has 0 radical (unpaired) electrons. The van der Waals surface area contributed by atoms with Crippen molar-refractivity contribution in [2.24, 2.45) is 5.92 Å². The second-order valence-electron chi connectivity index (χ2n) is 7.86. The predicted molar refractivity (Wildman–Crippen MR) is 128 cm³/mol. The van der Waals surface area contributed by atoms with E-state index in [1.54, 1.807) is 25.2 Å². The molecule has 1 aliphatic carbocycles. The molecule has 1 atom stereocenters. The quantitative estimate of drug-likeness (QED) is 0.401. The third kappa shape index (κ3) is 5.25. The molecule has 1 aromatic carbocycles. The molecule has 0 fully saturated rings. The lowest BCUT2D eigenvalue weighted by atomic mass is 10.1. The van der Waals surface area contributed by atoms with Crippen LogP contribution in [0.25, 0.3) is 11.4 Å². The molecule has 0 saturated carbocycles. The van der Waals surface area contributed by atoms with E-state index in [0.29, 0.717) is 34.6 Å². The van der Waals surface area contributed by atoms with Gasteiger partial charge in [-0.2, -0.15) is 0 Å². The molecule has 3 rings (SSSR count). The number of rotatable bonds is 8. The van der Waals surface area contributed by atoms with Gasteiger partial charge in [0.25, 0.3) is 5.91 Å². The summed E-state index contributed by atoms with van der Waals surface area (Å²) in [6, 6.07) is 4.33. The first-order chi connectivity index (χ1) is 15.4. The first-order valence-corrected chi connectivity index (χ1v) is 11.2. The zero-order chi connectivity index (χ0) is 23.3. The van der Waals surface area contributed by atoms with Crippen LogP contribution in [0.15, 0.2) is 54.3 Å². The number of fused-ring (bicyclic) bond motifs is 1. The number of aromatic nitrogens is 2. The lowest BCUT2D eigenvalue weighted by Gasteiger charge is -2.17. The maximum absolute atomic E-state index is 14.6. The van der Waals surface area contributed by atoms with E-state index in [2.05, 4.69) is 34.1 Å². The van der Waals surface area contributed by atoms with Gasteiger partial charge >= 0.3 is 0 Å². The lowest BCUT2D eigenvalue weighted by Crippen LogP contribution is -2.28. The number of hydrogen-bond donors (Lipinski definition) is 2. The van der Waals surface area contributed by atoms with Crippen LogP contribution in [0.2, 0.25) is 5.02 Å². The number of nitrogens with one attached hydrogen (secondary N) is 2. The molecule has 1 aliphatic rings. The van der Waals surface area contributed by atoms with Crippen LogP contribution in [-0.4, -0.2) is 22.4 Å². The smallest absolute Gasteiger partial charge is 0.253 e. The van der Waals surface area contributed by atoms with E-state index in [0.717, 1.165) is 30.5 Å². The summed E-state index contributed by atoms with van der Waals surface area (Å²) in [6.07, 6.45) is 7.49. The standard InChI is InChI=1S/C25H28ClFN4O/c1-5-8-21(17(7-3)25(32)28-11-6-2)29-24-19-12-15(4)13-22(19)30-23(31-24)18-14-16(26)9-10-20(18)27/h5,7-10,14-15H,1,6,11-13H2,2-4H3,(H,28,32)(H,29,30,31)/b17-7+,21-8+. The Morgan fingerprint density at radius 1 is 1.34 bits per heavy atom. The lowest BCUT2D eigenvalue weighted by molar-refractivity contribution is -0.117. The van der Waals surface area contributed by atoms with Gasteiger partial charge in [-0.05, 0) is 56.4 Å². The van der Waals surface area contributed by atoms with Gasteiger partial charge in [-0.3, -0.25) is 4.79 Å². The highest BCUT2D eigenvalue weighted by Gasteiger charge is 2.26. The molecule has 5 nitrogen and oxygen atoms in total. The van der Waals surface area contributed by atoms with Crippen LogP contribution in [0.5, 0.6) is 0 Å². The fourth-order valence-electron chi connectivity index (χ4n) is 3.74. The molecule has 1 heterocycles. The van der Waals surface area contributed by atoms with Crippen molar-refractivity contribution in [1.29, 1.82) is 0 Å². The van der Waals surface area contributed by atoms with E-state index >= 15 is 0 Å². The number of anilines is 1. The molecule has 1 unspecified atom stereocenters. The van der Waals surface area contributed by atoms with Crippen molar-refractivity contribution in [2.45, 2.75) is 40.0 Å². The van der Waals surface area contributed by atoms with E-state index in [4.69, 9.17) is 11.6 Å². The number of hydrogen-bond acceptors (Lipinski definition) is 4. The van der Waals surface area contributed by atoms with Gasteiger partial charge in [0, 0.05) is 17.1 Å². The molecule has 1 aromatic heterocycles. The zero-order valence-corrected chi connectivity index (χ0v) is 19.4. The van der Waals surface area contributed by atoms with Crippen molar-refractivity contribution in [3.63, 3.8) is 0 Å². The summed E-state index contributed by atoms with van der Waals surface area (Å²) in [5.41, 5.74) is 3.13. The summed E-state index contributed by atoms with van der Waals surface area (Å²) in [6.45, 7) is 10.3. The second kappa shape index (κ2) is 10.6. The van der Waals surface area contributed by atoms with Crippen LogP contribution in [-0.2, 0) is 17.6 Å². The normalized spacial score (nSPS) is 16.0. The van der Waals surface area contributed by atoms with E-state index in [-0.39, 0.29) is 17.3 Å². The minimum absolute atomic E-state index is 0.185. The number of carbonyl (C=O) groups excluding carboxylic acids is 1. The Labute approximate surface area is 193 Å². The number of amides is 1. The number of allylic oxidation sites excluding steroid dienone is 3. The Balaban J connectivity index is 2.07. The monoisotopic (exact) mass is 454 g/mol. The Morgan fingerprint density at radius 3 is 2.81 bits per heavy atom. The molecular formula is C25H28ClFN4O. The highest BCUT2D eigenvalue weighted by molar-refractivity contribution is 6.30. The molecule has 2 N–H and O–H groups in total. The first kappa shape index (κ1) is 23.7. The summed E-state index contributed by atoms with van der Waals surface area (Å²) < 4.78 is 14.6. The maximum Gasteiger partial charge on any atom is 0.253 e. The third-order valence-electron chi connectivity index (χ3n) is 5.25. The molecule has 168 valence electrons. The van der Waals surface area contributed by atoms with Crippen molar-refractivity contribution in [3.05, 3.63) is 76.4 Å². The molecule has 1 amide bonds. The van der Waals surface area contributed by atoms with E-state index in [1.807, 2.05) is 6.92 Å². The molecule has 0 spiro atoms. The van der Waals surface area contributed by atoms with Crippen molar-refractivity contribution in [3.8, 4) is 11.4 Å². The van der Waals surface area contributed by atoms with Crippen LogP contribution in [0.3, 0.4) is 0 Å². The van der Waals surface area contributed by atoms with E-state index < -0.39 is 5.82 Å². The molecule has 0 saturated heterocycles. The predicted octanol–water partition coefficient (Wildman–Crippen LogP) is 5.63. The summed E-state index contributed by atoms with van der Waals surface area (Å²) in [5, 5.41) is 6.61. The first-order valence-electron chi connectivity index (χ1n) is 10.8. The molecular weight excluding hydrogens is 427 g/mol. The van der Waals surface area contributed by atoms with Crippen molar-refractivity contribution < 1.29 is 9.18 Å². The largest absolute Gasteiger partial charge is 0.352 e. The van der Waals surface area contributed by atoms with Gasteiger partial charge in [-0.1, -0.05) is 44.2 Å². The minimum atomic E-state index is -0.443. The van der Waals surface area contributed by atoms with Crippen molar-refractivity contribution >= 4 is 23.3 Å². The van der Waals surface area contributed by atoms with Crippen LogP contribution >= 0.6 is 11.6 Å². The van der Waals surface area contributed by atoms with Crippen LogP contribution in [0, 0.1) is 11.7 Å². The molecule has 0 aliphatic heterocycles. The van der Waals surface area contributed by atoms with Gasteiger partial charge in [0.2, 0.25) is 0 Å². The number of nitrogens with zero attached hydrogens (tertiary/aromatic N) is 2. The Hall–Kier alpha value is -2.99. The van der Waals surface area contributed by atoms with E-state index in [1.165, 1.54) is 18.2 Å². The zero-order valence-electron chi connectivity index (χ0n) is 18.6. The highest BCUT2D eigenvalue weighted by Crippen LogP contribution is 2.34. The molecule has 0 bridgehead atoms. The number of halogens is 2. The average Bonchev–Trinajstić information content (AvgIpc) is 3.15. The third-order valence-corrected chi connectivity index (χ3v) is 5.49. The minimum Gasteiger partial charge on any atom is -0.352 e. The molecule has 7 heteroatoms. The highest BCUT2D eigenvalue weighted by atomic mass is 35.5. The summed E-state index contributed by atoms with van der Waals surface area (Å²) >= 11 is 6.10. The summed E-state index contributed by atoms with van der Waals surface area (Å²) in [4.78, 5) is 22.0. The SMILES string of the molecule is C=C/C=C(Nc1nc(-c2cc(Cl)ccc2F)nc2c1CC(C)C2)\C(=C/C)C(=O)NCCC. The summed E-state index contributed by atoms with van der Waals surface area (Å²) in [5.74, 6) is 0.580. The van der Waals surface area contributed by atoms with Gasteiger partial charge in [0.05, 0.1) is 22.5 Å². The van der Waals surface area contributed by atoms with Gasteiger partial charge in [-0.25, -0.2) is 14.4 Å². The second-order valence-corrected chi connectivity index (χ2v) is 8.29. The Kier molecular flexibility index (Phi) is 7.80. The van der Waals surface area contributed by atoms with Crippen molar-refractivity contribution in [1.82, 2.24) is 15.3 Å². The number of benzene rings is 1. The maximum atomic E-state index is 14.6. The topological polar surface area (TPSA) is 66.9 Å².